The Bertz CT molecular complexity index is 99.9. The van der Waals surface area contributed by atoms with Gasteiger partial charge in [0.15, 0.2) is 0 Å². The molecule has 0 fully saturated rings. The average Bonchev–Trinajstić information content (AvgIpc) is 1.35. The van der Waals surface area contributed by atoms with Crippen LogP contribution in [0, 0.1) is 11.3 Å². The molecule has 0 aliphatic rings. The fourth-order valence-electron chi connectivity index (χ4n) is 0.0676. The first-order chi connectivity index (χ1) is 2.77. The summed E-state index contributed by atoms with van der Waals surface area (Å²) in [6.07, 6.45) is -0.403. The molecule has 0 amide bonds. The third kappa shape index (κ3) is 16.0. The van der Waals surface area contributed by atoms with Crippen molar-refractivity contribution in [1.29, 1.82) is 5.26 Å². The van der Waals surface area contributed by atoms with Gasteiger partial charge in [0.25, 0.3) is 0 Å². The fraction of sp³-hybridized carbons (Fsp3) is 0.333. The van der Waals surface area contributed by atoms with Crippen LogP contribution in [-0.2, 0) is 24.3 Å². The molecule has 5 heteroatoms. The van der Waals surface area contributed by atoms with Gasteiger partial charge in [-0.1, -0.05) is 0 Å². The van der Waals surface area contributed by atoms with Gasteiger partial charge in [-0.05, 0) is 0 Å². The molecule has 0 saturated carbocycles. The normalized spacial score (nSPS) is 4.88. The monoisotopic (exact) mass is 173 g/mol. The molecule has 0 radical (unpaired) electrons. The van der Waals surface area contributed by atoms with Crippen molar-refractivity contribution in [2.24, 2.45) is 0 Å². The Morgan fingerprint density at radius 1 is 1.75 bits per heavy atom. The zero-order valence-corrected chi connectivity index (χ0v) is 6.68. The maximum Gasteiger partial charge on any atom is 0 e. The maximum atomic E-state index is 9.38. The first-order valence-electron chi connectivity index (χ1n) is 1.36. The molecule has 0 atom stereocenters. The summed E-state index contributed by atoms with van der Waals surface area (Å²) in [7, 11) is 0. The van der Waals surface area contributed by atoms with Gasteiger partial charge in [0.1, 0.15) is 6.42 Å². The van der Waals surface area contributed by atoms with Crippen LogP contribution in [0.5, 0.6) is 0 Å². The van der Waals surface area contributed by atoms with Crippen LogP contribution in [0.15, 0.2) is 0 Å². The summed E-state index contributed by atoms with van der Waals surface area (Å²) in [4.78, 5) is 9.38. The average molecular weight is 174 g/mol. The van der Waals surface area contributed by atoms with Gasteiger partial charge in [0.05, 0.1) is 6.07 Å². The molecule has 0 spiro atoms. The number of carboxylic acids is 1. The van der Waals surface area contributed by atoms with E-state index < -0.39 is 12.4 Å². The molecule has 0 heterocycles. The standard InChI is InChI=1S/C3H3NO2.Na.Zn.H/c4-2-1-3(5)6;;;/h1H2,(H,5,6);;;. The molecule has 8 heavy (non-hydrogen) atoms. The second-order valence-electron chi connectivity index (χ2n) is 0.729. The molecule has 1 N–H and O–H groups in total. The zero-order valence-electron chi connectivity index (χ0n) is 3.72. The maximum absolute atomic E-state index is 9.38. The first-order valence-corrected chi connectivity index (χ1v) is 1.36. The summed E-state index contributed by atoms with van der Waals surface area (Å²) in [5.74, 6) is -1.07. The topological polar surface area (TPSA) is 61.1 Å². The van der Waals surface area contributed by atoms with Crippen LogP contribution in [0.25, 0.3) is 0 Å². The summed E-state index contributed by atoms with van der Waals surface area (Å²) in [6.45, 7) is 0. The van der Waals surface area contributed by atoms with Gasteiger partial charge in [0.2, 0.25) is 0 Å². The first kappa shape index (κ1) is 15.8. The van der Waals surface area contributed by atoms with E-state index >= 15 is 0 Å². The summed E-state index contributed by atoms with van der Waals surface area (Å²) in [5, 5.41) is 15.3. The fourth-order valence-corrected chi connectivity index (χ4v) is 0.0676. The molecule has 3 nitrogen and oxygen atoms in total. The van der Waals surface area contributed by atoms with Crippen LogP contribution in [0.4, 0.5) is 0 Å². The van der Waals surface area contributed by atoms with Gasteiger partial charge in [-0.3, -0.25) is 4.79 Å². The van der Waals surface area contributed by atoms with Crippen molar-refractivity contribution in [2.75, 3.05) is 0 Å². The molecular formula is C3H4NNaO2Zn. The number of carboxylic acid groups (broad SMARTS) is 1. The van der Waals surface area contributed by atoms with Crippen LogP contribution < -0.4 is 0 Å². The van der Waals surface area contributed by atoms with Gasteiger partial charge in [-0.2, -0.15) is 5.26 Å². The van der Waals surface area contributed by atoms with E-state index in [1.807, 2.05) is 0 Å². The van der Waals surface area contributed by atoms with Gasteiger partial charge < -0.3 is 5.11 Å². The Morgan fingerprint density at radius 2 is 2.12 bits per heavy atom. The number of rotatable bonds is 1. The number of hydrogen-bond donors (Lipinski definition) is 1. The smallest absolute Gasteiger partial charge is 0 e. The summed E-state index contributed by atoms with van der Waals surface area (Å²) in [6, 6.07) is 1.47. The molecule has 0 aliphatic heterocycles. The Morgan fingerprint density at radius 3 is 2.12 bits per heavy atom. The molecule has 36 valence electrons. The van der Waals surface area contributed by atoms with Crippen LogP contribution in [0.2, 0.25) is 0 Å². The van der Waals surface area contributed by atoms with Crippen molar-refractivity contribution >= 4 is 35.5 Å². The van der Waals surface area contributed by atoms with Crippen molar-refractivity contribution in [1.82, 2.24) is 0 Å². The van der Waals surface area contributed by atoms with Crippen molar-refractivity contribution in [3.8, 4) is 6.07 Å². The Labute approximate surface area is 82.1 Å². The number of hydrogen-bond acceptors (Lipinski definition) is 2. The summed E-state index contributed by atoms with van der Waals surface area (Å²) < 4.78 is 0. The molecule has 0 saturated heterocycles. The van der Waals surface area contributed by atoms with E-state index in [1.165, 1.54) is 6.07 Å². The SMILES string of the molecule is N#CCC(=O)O.[NaH].[Zn]. The van der Waals surface area contributed by atoms with E-state index in [-0.39, 0.29) is 49.0 Å². The molecule has 0 bridgehead atoms. The van der Waals surface area contributed by atoms with E-state index in [2.05, 4.69) is 0 Å². The summed E-state index contributed by atoms with van der Waals surface area (Å²) in [5.41, 5.74) is 0. The van der Waals surface area contributed by atoms with Gasteiger partial charge in [-0.15, -0.1) is 0 Å². The number of nitrogens with zero attached hydrogens (tertiary/aromatic N) is 1. The van der Waals surface area contributed by atoms with Crippen molar-refractivity contribution in [3.63, 3.8) is 0 Å². The van der Waals surface area contributed by atoms with Gasteiger partial charge >= 0.3 is 35.5 Å². The van der Waals surface area contributed by atoms with Crippen molar-refractivity contribution in [2.45, 2.75) is 6.42 Å². The minimum absolute atomic E-state index is 0. The number of carbonyl (C=O) groups is 1. The molecule has 0 unspecified atom stereocenters. The van der Waals surface area contributed by atoms with Crippen LogP contribution in [0.3, 0.4) is 0 Å². The zero-order chi connectivity index (χ0) is 4.99. The predicted molar refractivity (Wildman–Crippen MR) is 25.0 cm³/mol. The second kappa shape index (κ2) is 10.5. The van der Waals surface area contributed by atoms with Crippen molar-refractivity contribution in [3.05, 3.63) is 0 Å². The largest absolute Gasteiger partial charge is 0 e. The van der Waals surface area contributed by atoms with E-state index in [0.29, 0.717) is 0 Å². The number of nitriles is 1. The second-order valence-corrected chi connectivity index (χ2v) is 0.729. The van der Waals surface area contributed by atoms with Crippen LogP contribution in [0.1, 0.15) is 6.42 Å². The quantitative estimate of drug-likeness (QED) is 0.537. The van der Waals surface area contributed by atoms with Crippen LogP contribution >= 0.6 is 0 Å². The molecule has 0 aromatic heterocycles. The summed E-state index contributed by atoms with van der Waals surface area (Å²) >= 11 is 0. The van der Waals surface area contributed by atoms with E-state index in [4.69, 9.17) is 10.4 Å². The predicted octanol–water partition coefficient (Wildman–Crippen LogP) is -0.666. The van der Waals surface area contributed by atoms with Crippen molar-refractivity contribution < 1.29 is 29.4 Å². The molecule has 0 aromatic carbocycles. The number of aliphatic carboxylic acids is 1. The Hall–Kier alpha value is 0.583. The minimum atomic E-state index is -1.07. The van der Waals surface area contributed by atoms with E-state index in [0.717, 1.165) is 0 Å². The molecule has 0 rings (SSSR count). The third-order valence-electron chi connectivity index (χ3n) is 0.230. The molecule has 0 aromatic rings. The van der Waals surface area contributed by atoms with Gasteiger partial charge in [0, 0.05) is 19.5 Å². The third-order valence-corrected chi connectivity index (χ3v) is 0.230. The Kier molecular flexibility index (Phi) is 20.9. The van der Waals surface area contributed by atoms with E-state index in [9.17, 15) is 4.79 Å². The van der Waals surface area contributed by atoms with Crippen LogP contribution in [-0.4, -0.2) is 40.6 Å². The van der Waals surface area contributed by atoms with Gasteiger partial charge in [-0.25, -0.2) is 0 Å². The molecule has 0 aliphatic carbocycles. The molecular weight excluding hydrogens is 170 g/mol. The Balaban J connectivity index is -0.000000125. The van der Waals surface area contributed by atoms with E-state index in [1.54, 1.807) is 0 Å². The minimum Gasteiger partial charge on any atom is 0 e.